The van der Waals surface area contributed by atoms with Crippen molar-refractivity contribution in [3.05, 3.63) is 0 Å². The average Bonchev–Trinajstić information content (AvgIpc) is 2.38. The van der Waals surface area contributed by atoms with Crippen LogP contribution in [-0.4, -0.2) is 44.6 Å². The van der Waals surface area contributed by atoms with Gasteiger partial charge in [0.05, 0.1) is 12.9 Å². The first-order valence-electron chi connectivity index (χ1n) is 7.02. The van der Waals surface area contributed by atoms with Gasteiger partial charge in [-0.2, -0.15) is 0 Å². The topological polar surface area (TPSA) is 63.7 Å². The number of carbonyl (C=O) groups excluding carboxylic acids is 1. The van der Waals surface area contributed by atoms with Crippen molar-refractivity contribution in [1.82, 2.24) is 4.31 Å². The molecule has 0 aromatic heterocycles. The molecule has 0 atom stereocenters. The first-order valence-corrected chi connectivity index (χ1v) is 8.63. The molecule has 0 spiro atoms. The van der Waals surface area contributed by atoms with Gasteiger partial charge in [0.15, 0.2) is 0 Å². The Hall–Kier alpha value is -0.620. The molecule has 0 heterocycles. The van der Waals surface area contributed by atoms with Crippen molar-refractivity contribution in [2.75, 3.05) is 26.0 Å². The maximum Gasteiger partial charge on any atom is 0.305 e. The lowest BCUT2D eigenvalue weighted by molar-refractivity contribution is -0.140. The highest BCUT2D eigenvalue weighted by atomic mass is 32.2. The highest BCUT2D eigenvalue weighted by Gasteiger charge is 2.20. The van der Waals surface area contributed by atoms with Crippen molar-refractivity contribution >= 4 is 16.0 Å². The highest BCUT2D eigenvalue weighted by Crippen LogP contribution is 2.09. The molecular formula is C13H27NO4S. The maximum atomic E-state index is 12.2. The van der Waals surface area contributed by atoms with E-state index in [1.165, 1.54) is 7.11 Å². The Kier molecular flexibility index (Phi) is 9.87. The third-order valence-electron chi connectivity index (χ3n) is 2.93. The SMILES string of the molecule is CCCCN(CCCC)S(=O)(=O)CCCC(=O)OC. The first-order chi connectivity index (χ1) is 8.97. The van der Waals surface area contributed by atoms with Crippen LogP contribution in [0.25, 0.3) is 0 Å². The molecule has 6 heteroatoms. The molecule has 0 radical (unpaired) electrons. The Morgan fingerprint density at radius 1 is 1.05 bits per heavy atom. The van der Waals surface area contributed by atoms with Gasteiger partial charge in [0.1, 0.15) is 0 Å². The van der Waals surface area contributed by atoms with Gasteiger partial charge in [-0.05, 0) is 19.3 Å². The number of hydrogen-bond donors (Lipinski definition) is 0. The molecular weight excluding hydrogens is 266 g/mol. The average molecular weight is 293 g/mol. The van der Waals surface area contributed by atoms with Gasteiger partial charge in [-0.3, -0.25) is 4.79 Å². The number of esters is 1. The zero-order valence-corrected chi connectivity index (χ0v) is 13.2. The molecule has 0 aromatic rings. The van der Waals surface area contributed by atoms with Crippen LogP contribution >= 0.6 is 0 Å². The van der Waals surface area contributed by atoms with Crippen LogP contribution in [0.15, 0.2) is 0 Å². The van der Waals surface area contributed by atoms with E-state index in [1.807, 2.05) is 13.8 Å². The molecule has 0 rings (SSSR count). The van der Waals surface area contributed by atoms with E-state index < -0.39 is 10.0 Å². The van der Waals surface area contributed by atoms with E-state index in [1.54, 1.807) is 4.31 Å². The smallest absolute Gasteiger partial charge is 0.305 e. The minimum absolute atomic E-state index is 0.0233. The molecule has 114 valence electrons. The second-order valence-corrected chi connectivity index (χ2v) is 6.69. The summed E-state index contributed by atoms with van der Waals surface area (Å²) in [5.41, 5.74) is 0. The molecule has 0 aliphatic rings. The molecule has 0 bridgehead atoms. The quantitative estimate of drug-likeness (QED) is 0.548. The van der Waals surface area contributed by atoms with Crippen LogP contribution < -0.4 is 0 Å². The van der Waals surface area contributed by atoms with Crippen LogP contribution in [-0.2, 0) is 19.6 Å². The third kappa shape index (κ3) is 8.21. The van der Waals surface area contributed by atoms with Gasteiger partial charge in [-0.25, -0.2) is 12.7 Å². The number of sulfonamides is 1. The van der Waals surface area contributed by atoms with Crippen LogP contribution in [0.1, 0.15) is 52.4 Å². The summed E-state index contributed by atoms with van der Waals surface area (Å²) in [6.45, 7) is 5.25. The number of hydrogen-bond acceptors (Lipinski definition) is 4. The molecule has 0 saturated heterocycles. The zero-order valence-electron chi connectivity index (χ0n) is 12.4. The van der Waals surface area contributed by atoms with Gasteiger partial charge in [0.25, 0.3) is 0 Å². The summed E-state index contributed by atoms with van der Waals surface area (Å²) in [5.74, 6) is -0.334. The molecule has 0 fully saturated rings. The second-order valence-electron chi connectivity index (χ2n) is 4.60. The lowest BCUT2D eigenvalue weighted by Gasteiger charge is -2.21. The summed E-state index contributed by atoms with van der Waals surface area (Å²) in [4.78, 5) is 11.0. The Bertz CT molecular complexity index is 333. The molecule has 5 nitrogen and oxygen atoms in total. The van der Waals surface area contributed by atoms with E-state index in [2.05, 4.69) is 4.74 Å². The summed E-state index contributed by atoms with van der Waals surface area (Å²) >= 11 is 0. The van der Waals surface area contributed by atoms with E-state index in [4.69, 9.17) is 0 Å². The fourth-order valence-electron chi connectivity index (χ4n) is 1.69. The van der Waals surface area contributed by atoms with Crippen molar-refractivity contribution in [3.63, 3.8) is 0 Å². The first kappa shape index (κ1) is 18.4. The van der Waals surface area contributed by atoms with Crippen molar-refractivity contribution in [3.8, 4) is 0 Å². The molecule has 0 aromatic carbocycles. The van der Waals surface area contributed by atoms with Gasteiger partial charge >= 0.3 is 5.97 Å². The van der Waals surface area contributed by atoms with E-state index in [-0.39, 0.29) is 18.1 Å². The van der Waals surface area contributed by atoms with Gasteiger partial charge < -0.3 is 4.74 Å². The fourth-order valence-corrected chi connectivity index (χ4v) is 3.27. The summed E-state index contributed by atoms with van der Waals surface area (Å²) in [6.07, 6.45) is 4.18. The van der Waals surface area contributed by atoms with Crippen molar-refractivity contribution in [1.29, 1.82) is 0 Å². The Morgan fingerprint density at radius 2 is 1.58 bits per heavy atom. The largest absolute Gasteiger partial charge is 0.469 e. The predicted octanol–water partition coefficient (Wildman–Crippen LogP) is 2.17. The Morgan fingerprint density at radius 3 is 2.00 bits per heavy atom. The number of rotatable bonds is 11. The van der Waals surface area contributed by atoms with Crippen LogP contribution in [0.4, 0.5) is 0 Å². The molecule has 0 saturated carbocycles. The van der Waals surface area contributed by atoms with Crippen molar-refractivity contribution in [2.24, 2.45) is 0 Å². The molecule has 0 aliphatic heterocycles. The van der Waals surface area contributed by atoms with Gasteiger partial charge in [-0.1, -0.05) is 26.7 Å². The summed E-state index contributed by atoms with van der Waals surface area (Å²) in [5, 5.41) is 0. The molecule has 0 amide bonds. The normalized spacial score (nSPS) is 11.8. The monoisotopic (exact) mass is 293 g/mol. The lowest BCUT2D eigenvalue weighted by atomic mass is 10.3. The van der Waals surface area contributed by atoms with Crippen LogP contribution in [0, 0.1) is 0 Å². The minimum Gasteiger partial charge on any atom is -0.469 e. The number of carbonyl (C=O) groups is 1. The van der Waals surface area contributed by atoms with E-state index in [9.17, 15) is 13.2 Å². The van der Waals surface area contributed by atoms with E-state index >= 15 is 0 Å². The molecule has 0 N–H and O–H groups in total. The van der Waals surface area contributed by atoms with Crippen LogP contribution in [0.3, 0.4) is 0 Å². The molecule has 0 aliphatic carbocycles. The predicted molar refractivity (Wildman–Crippen MR) is 76.4 cm³/mol. The molecule has 0 unspecified atom stereocenters. The van der Waals surface area contributed by atoms with E-state index in [0.717, 1.165) is 25.7 Å². The van der Waals surface area contributed by atoms with Crippen molar-refractivity contribution < 1.29 is 17.9 Å². The molecule has 19 heavy (non-hydrogen) atoms. The summed E-state index contributed by atoms with van der Waals surface area (Å²) < 4.78 is 30.4. The van der Waals surface area contributed by atoms with Crippen LogP contribution in [0.5, 0.6) is 0 Å². The Labute approximate surface area is 117 Å². The highest BCUT2D eigenvalue weighted by molar-refractivity contribution is 7.89. The van der Waals surface area contributed by atoms with Gasteiger partial charge in [0, 0.05) is 19.5 Å². The number of nitrogens with zero attached hydrogens (tertiary/aromatic N) is 1. The number of ether oxygens (including phenoxy) is 1. The summed E-state index contributed by atoms with van der Waals surface area (Å²) in [6, 6.07) is 0. The third-order valence-corrected chi connectivity index (χ3v) is 4.88. The maximum absolute atomic E-state index is 12.2. The minimum atomic E-state index is -3.25. The van der Waals surface area contributed by atoms with Crippen molar-refractivity contribution in [2.45, 2.75) is 52.4 Å². The second kappa shape index (κ2) is 10.2. The lowest BCUT2D eigenvalue weighted by Crippen LogP contribution is -2.35. The Balaban J connectivity index is 4.37. The van der Waals surface area contributed by atoms with Gasteiger partial charge in [0.2, 0.25) is 10.0 Å². The standard InChI is InChI=1S/C13H27NO4S/c1-4-6-10-14(11-7-5-2)19(16,17)12-8-9-13(15)18-3/h4-12H2,1-3H3. The van der Waals surface area contributed by atoms with E-state index in [0.29, 0.717) is 19.5 Å². The van der Waals surface area contributed by atoms with Gasteiger partial charge in [-0.15, -0.1) is 0 Å². The fraction of sp³-hybridized carbons (Fsp3) is 0.923. The summed E-state index contributed by atoms with van der Waals surface area (Å²) in [7, 11) is -1.93. The zero-order chi connectivity index (χ0) is 14.7. The number of unbranched alkanes of at least 4 members (excludes halogenated alkanes) is 2. The van der Waals surface area contributed by atoms with Crippen LogP contribution in [0.2, 0.25) is 0 Å². The number of methoxy groups -OCH3 is 1.